The molecule has 126 valence electrons. The van der Waals surface area contributed by atoms with Crippen molar-refractivity contribution in [2.24, 2.45) is 11.5 Å². The molecule has 0 radical (unpaired) electrons. The zero-order valence-corrected chi connectivity index (χ0v) is 15.7. The highest BCUT2D eigenvalue weighted by atomic mass is 35.5. The number of hydrogen-bond acceptors (Lipinski definition) is 4. The van der Waals surface area contributed by atoms with Crippen LogP contribution in [0.25, 0.3) is 0 Å². The molecule has 2 aromatic rings. The molecule has 2 rings (SSSR count). The van der Waals surface area contributed by atoms with Gasteiger partial charge in [-0.1, -0.05) is 29.8 Å². The SMILES string of the molecule is NCCCSc1ccc(Cl)cc1.NCCCSc1ccccc1. The maximum Gasteiger partial charge on any atom is 0.0406 e. The molecular weight excluding hydrogens is 344 g/mol. The molecule has 0 aliphatic heterocycles. The molecule has 0 unspecified atom stereocenters. The minimum atomic E-state index is 0.764. The van der Waals surface area contributed by atoms with Crippen molar-refractivity contribution >= 4 is 35.1 Å². The van der Waals surface area contributed by atoms with Gasteiger partial charge in [0.2, 0.25) is 0 Å². The van der Waals surface area contributed by atoms with Crippen molar-refractivity contribution in [3.05, 3.63) is 59.6 Å². The minimum absolute atomic E-state index is 0.764. The first-order valence-electron chi connectivity index (χ1n) is 7.72. The van der Waals surface area contributed by atoms with Crippen LogP contribution < -0.4 is 11.5 Å². The van der Waals surface area contributed by atoms with E-state index in [0.29, 0.717) is 0 Å². The predicted molar refractivity (Wildman–Crippen MR) is 107 cm³/mol. The highest BCUT2D eigenvalue weighted by molar-refractivity contribution is 7.99. The third kappa shape index (κ3) is 10.7. The molecule has 2 nitrogen and oxygen atoms in total. The molecule has 0 heterocycles. The largest absolute Gasteiger partial charge is 0.330 e. The van der Waals surface area contributed by atoms with Gasteiger partial charge in [0.25, 0.3) is 0 Å². The molecule has 0 atom stereocenters. The van der Waals surface area contributed by atoms with Gasteiger partial charge < -0.3 is 11.5 Å². The lowest BCUT2D eigenvalue weighted by Gasteiger charge is -1.99. The first-order valence-corrected chi connectivity index (χ1v) is 10.1. The summed E-state index contributed by atoms with van der Waals surface area (Å²) >= 11 is 9.42. The topological polar surface area (TPSA) is 52.0 Å². The van der Waals surface area contributed by atoms with E-state index < -0.39 is 0 Å². The van der Waals surface area contributed by atoms with Crippen LogP contribution in [0, 0.1) is 0 Å². The molecule has 2 aromatic carbocycles. The summed E-state index contributed by atoms with van der Waals surface area (Å²) in [5.41, 5.74) is 10.8. The molecule has 0 amide bonds. The monoisotopic (exact) mass is 368 g/mol. The summed E-state index contributed by atoms with van der Waals surface area (Å²) in [6, 6.07) is 18.3. The Morgan fingerprint density at radius 2 is 1.17 bits per heavy atom. The summed E-state index contributed by atoms with van der Waals surface area (Å²) in [6.45, 7) is 1.56. The average Bonchev–Trinajstić information content (AvgIpc) is 2.59. The number of benzene rings is 2. The van der Waals surface area contributed by atoms with Crippen molar-refractivity contribution in [2.75, 3.05) is 24.6 Å². The molecule has 0 saturated carbocycles. The standard InChI is InChI=1S/C9H12ClNS.C9H13NS/c10-8-2-4-9(5-3-8)12-7-1-6-11;10-7-4-8-11-9-5-2-1-3-6-9/h2-5H,1,6-7,11H2;1-3,5-6H,4,7-8,10H2. The van der Waals surface area contributed by atoms with Crippen LogP contribution in [0.15, 0.2) is 64.4 Å². The second-order valence-corrected chi connectivity index (χ2v) is 7.52. The van der Waals surface area contributed by atoms with Crippen molar-refractivity contribution in [1.82, 2.24) is 0 Å². The van der Waals surface area contributed by atoms with Crippen LogP contribution in [-0.4, -0.2) is 24.6 Å². The van der Waals surface area contributed by atoms with Crippen LogP contribution >= 0.6 is 35.1 Å². The van der Waals surface area contributed by atoms with E-state index in [1.54, 1.807) is 0 Å². The Hall–Kier alpha value is -0.650. The lowest BCUT2D eigenvalue weighted by atomic mass is 10.4. The van der Waals surface area contributed by atoms with Crippen LogP contribution in [0.3, 0.4) is 0 Å². The van der Waals surface area contributed by atoms with Crippen molar-refractivity contribution in [3.8, 4) is 0 Å². The predicted octanol–water partition coefficient (Wildman–Crippen LogP) is 4.91. The van der Waals surface area contributed by atoms with Gasteiger partial charge in [0.15, 0.2) is 0 Å². The van der Waals surface area contributed by atoms with Crippen molar-refractivity contribution < 1.29 is 0 Å². The number of halogens is 1. The lowest BCUT2D eigenvalue weighted by molar-refractivity contribution is 0.943. The van der Waals surface area contributed by atoms with E-state index in [9.17, 15) is 0 Å². The Balaban J connectivity index is 0.000000231. The summed E-state index contributed by atoms with van der Waals surface area (Å²) in [5.74, 6) is 2.21. The summed E-state index contributed by atoms with van der Waals surface area (Å²) in [7, 11) is 0. The average molecular weight is 369 g/mol. The smallest absolute Gasteiger partial charge is 0.0406 e. The Morgan fingerprint density at radius 3 is 1.65 bits per heavy atom. The lowest BCUT2D eigenvalue weighted by Crippen LogP contribution is -1.99. The van der Waals surface area contributed by atoms with Gasteiger partial charge in [0.1, 0.15) is 0 Å². The molecule has 0 spiro atoms. The van der Waals surface area contributed by atoms with Crippen molar-refractivity contribution in [3.63, 3.8) is 0 Å². The number of nitrogens with two attached hydrogens (primary N) is 2. The van der Waals surface area contributed by atoms with Gasteiger partial charge in [-0.3, -0.25) is 0 Å². The third-order valence-electron chi connectivity index (χ3n) is 2.79. The summed E-state index contributed by atoms with van der Waals surface area (Å²) in [4.78, 5) is 2.59. The molecule has 4 N–H and O–H groups in total. The zero-order valence-electron chi connectivity index (χ0n) is 13.3. The van der Waals surface area contributed by atoms with E-state index in [2.05, 4.69) is 24.3 Å². The maximum atomic E-state index is 5.74. The van der Waals surface area contributed by atoms with Gasteiger partial charge in [0, 0.05) is 14.8 Å². The first kappa shape index (κ1) is 20.4. The van der Waals surface area contributed by atoms with Crippen LogP contribution in [0.2, 0.25) is 5.02 Å². The minimum Gasteiger partial charge on any atom is -0.330 e. The number of rotatable bonds is 8. The van der Waals surface area contributed by atoms with Crippen molar-refractivity contribution in [2.45, 2.75) is 22.6 Å². The maximum absolute atomic E-state index is 5.74. The fourth-order valence-corrected chi connectivity index (χ4v) is 3.49. The normalized spacial score (nSPS) is 10.0. The highest BCUT2D eigenvalue weighted by Gasteiger charge is 1.92. The van der Waals surface area contributed by atoms with Gasteiger partial charge in [-0.2, -0.15) is 0 Å². The quantitative estimate of drug-likeness (QED) is 0.513. The van der Waals surface area contributed by atoms with Crippen LogP contribution in [0.1, 0.15) is 12.8 Å². The summed E-state index contributed by atoms with van der Waals surface area (Å²) < 4.78 is 0. The Labute approximate surface area is 153 Å². The summed E-state index contributed by atoms with van der Waals surface area (Å²) in [5, 5.41) is 0.790. The van der Waals surface area contributed by atoms with E-state index >= 15 is 0 Å². The molecule has 0 aliphatic rings. The van der Waals surface area contributed by atoms with Gasteiger partial charge in [-0.25, -0.2) is 0 Å². The van der Waals surface area contributed by atoms with Gasteiger partial charge in [0.05, 0.1) is 0 Å². The molecule has 0 aliphatic carbocycles. The molecule has 0 saturated heterocycles. The van der Waals surface area contributed by atoms with Gasteiger partial charge in [-0.15, -0.1) is 23.5 Å². The third-order valence-corrected chi connectivity index (χ3v) is 5.24. The van der Waals surface area contributed by atoms with Gasteiger partial charge in [-0.05, 0) is 73.8 Å². The van der Waals surface area contributed by atoms with E-state index in [4.69, 9.17) is 23.1 Å². The zero-order chi connectivity index (χ0) is 16.8. The summed E-state index contributed by atoms with van der Waals surface area (Å²) in [6.07, 6.45) is 2.16. The second kappa shape index (κ2) is 13.8. The molecular formula is C18H25ClN2S2. The Kier molecular flexibility index (Phi) is 12.2. The van der Waals surface area contributed by atoms with Crippen LogP contribution in [-0.2, 0) is 0 Å². The van der Waals surface area contributed by atoms with E-state index in [1.807, 2.05) is 53.9 Å². The van der Waals surface area contributed by atoms with E-state index in [1.165, 1.54) is 9.79 Å². The van der Waals surface area contributed by atoms with Crippen LogP contribution in [0.5, 0.6) is 0 Å². The fourth-order valence-electron chi connectivity index (χ4n) is 1.59. The fraction of sp³-hybridized carbons (Fsp3) is 0.333. The van der Waals surface area contributed by atoms with Gasteiger partial charge >= 0.3 is 0 Å². The molecule has 0 bridgehead atoms. The molecule has 5 heteroatoms. The Morgan fingerprint density at radius 1 is 0.696 bits per heavy atom. The number of hydrogen-bond donors (Lipinski definition) is 2. The van der Waals surface area contributed by atoms with E-state index in [-0.39, 0.29) is 0 Å². The van der Waals surface area contributed by atoms with Crippen LogP contribution in [0.4, 0.5) is 0 Å². The second-order valence-electron chi connectivity index (χ2n) is 4.75. The first-order chi connectivity index (χ1) is 11.3. The Bertz CT molecular complexity index is 506. The van der Waals surface area contributed by atoms with Crippen molar-refractivity contribution in [1.29, 1.82) is 0 Å². The number of thioether (sulfide) groups is 2. The molecule has 23 heavy (non-hydrogen) atoms. The highest BCUT2D eigenvalue weighted by Crippen LogP contribution is 2.20. The van der Waals surface area contributed by atoms with E-state index in [0.717, 1.165) is 42.5 Å². The molecule has 0 fully saturated rings. The molecule has 0 aromatic heterocycles.